The number of nitrogens with zero attached hydrogens (tertiary/aromatic N) is 3. The predicted molar refractivity (Wildman–Crippen MR) is 83.7 cm³/mol. The zero-order valence-corrected chi connectivity index (χ0v) is 13.1. The van der Waals surface area contributed by atoms with Crippen LogP contribution in [-0.2, 0) is 4.79 Å². The summed E-state index contributed by atoms with van der Waals surface area (Å²) >= 11 is 5.95. The minimum Gasteiger partial charge on any atom is -0.342 e. The second kappa shape index (κ2) is 6.18. The van der Waals surface area contributed by atoms with E-state index in [9.17, 15) is 4.79 Å². The van der Waals surface area contributed by atoms with E-state index in [-0.39, 0.29) is 17.2 Å². The molecule has 6 heteroatoms. The molecule has 0 saturated heterocycles. The highest BCUT2D eigenvalue weighted by Crippen LogP contribution is 2.34. The van der Waals surface area contributed by atoms with Crippen LogP contribution in [0, 0.1) is 5.92 Å². The van der Waals surface area contributed by atoms with Gasteiger partial charge in [-0.2, -0.15) is 4.98 Å². The highest BCUT2D eigenvalue weighted by atomic mass is 35.5. The van der Waals surface area contributed by atoms with Gasteiger partial charge >= 0.3 is 0 Å². The number of halogens is 1. The van der Waals surface area contributed by atoms with Crippen molar-refractivity contribution >= 4 is 29.0 Å². The fourth-order valence-corrected chi connectivity index (χ4v) is 3.56. The fraction of sp³-hybridized carbons (Fsp3) is 0.667. The van der Waals surface area contributed by atoms with E-state index >= 15 is 0 Å². The monoisotopic (exact) mass is 308 g/mol. The van der Waals surface area contributed by atoms with Crippen LogP contribution in [0.15, 0.2) is 6.20 Å². The molecule has 1 atom stereocenters. The van der Waals surface area contributed by atoms with Crippen molar-refractivity contribution in [2.75, 3.05) is 16.8 Å². The lowest BCUT2D eigenvalue weighted by Crippen LogP contribution is -2.50. The van der Waals surface area contributed by atoms with Gasteiger partial charge in [-0.1, -0.05) is 26.2 Å². The number of hydrogen-bond donors (Lipinski definition) is 1. The van der Waals surface area contributed by atoms with Crippen LogP contribution in [0.3, 0.4) is 0 Å². The lowest BCUT2D eigenvalue weighted by molar-refractivity contribution is -0.117. The molecule has 5 nitrogen and oxygen atoms in total. The molecule has 1 aromatic heterocycles. The molecule has 3 rings (SSSR count). The zero-order chi connectivity index (χ0) is 14.8. The summed E-state index contributed by atoms with van der Waals surface area (Å²) < 4.78 is 0. The molecule has 0 radical (unpaired) electrons. The van der Waals surface area contributed by atoms with Crippen LogP contribution in [-0.4, -0.2) is 28.5 Å². The van der Waals surface area contributed by atoms with Crippen LogP contribution < -0.4 is 10.2 Å². The number of anilines is 2. The minimum atomic E-state index is -0.162. The van der Waals surface area contributed by atoms with Gasteiger partial charge in [0.2, 0.25) is 11.2 Å². The van der Waals surface area contributed by atoms with Gasteiger partial charge < -0.3 is 10.2 Å². The normalized spacial score (nSPS) is 22.9. The maximum atomic E-state index is 12.3. The van der Waals surface area contributed by atoms with Gasteiger partial charge in [-0.3, -0.25) is 4.79 Å². The van der Waals surface area contributed by atoms with Gasteiger partial charge in [0.05, 0.1) is 6.20 Å². The fourth-order valence-electron chi connectivity index (χ4n) is 3.43. The molecule has 1 amide bonds. The van der Waals surface area contributed by atoms with Crippen LogP contribution in [0.1, 0.15) is 45.4 Å². The van der Waals surface area contributed by atoms with Crippen molar-refractivity contribution in [3.63, 3.8) is 0 Å². The molecule has 114 valence electrons. The molecule has 2 aliphatic rings. The quantitative estimate of drug-likeness (QED) is 0.871. The molecule has 1 aromatic rings. The average Bonchev–Trinajstić information content (AvgIpc) is 2.49. The van der Waals surface area contributed by atoms with Gasteiger partial charge in [-0.25, -0.2) is 4.98 Å². The number of nitrogens with one attached hydrogen (secondary N) is 1. The van der Waals surface area contributed by atoms with E-state index in [1.165, 1.54) is 32.1 Å². The standard InChI is InChI=1S/C15H21ClN4O/c1-2-12-14(21)18-11-8-17-15(16)19-13(11)20(12)9-10-6-4-3-5-7-10/h8,10,12H,2-7,9H2,1H3,(H,18,21). The van der Waals surface area contributed by atoms with Gasteiger partial charge in [0.1, 0.15) is 11.7 Å². The molecule has 2 heterocycles. The minimum absolute atomic E-state index is 0.0340. The van der Waals surface area contributed by atoms with Crippen molar-refractivity contribution in [1.29, 1.82) is 0 Å². The molecule has 21 heavy (non-hydrogen) atoms. The van der Waals surface area contributed by atoms with Crippen LogP contribution >= 0.6 is 11.6 Å². The zero-order valence-electron chi connectivity index (χ0n) is 12.3. The molecule has 1 saturated carbocycles. The topological polar surface area (TPSA) is 58.1 Å². The summed E-state index contributed by atoms with van der Waals surface area (Å²) in [4.78, 5) is 22.8. The molecule has 0 aromatic carbocycles. The van der Waals surface area contributed by atoms with E-state index in [1.807, 2.05) is 6.92 Å². The van der Waals surface area contributed by atoms with Crippen molar-refractivity contribution in [3.05, 3.63) is 11.5 Å². The highest BCUT2D eigenvalue weighted by Gasteiger charge is 2.34. The number of carbonyl (C=O) groups is 1. The largest absolute Gasteiger partial charge is 0.342 e. The molecule has 1 unspecified atom stereocenters. The summed E-state index contributed by atoms with van der Waals surface area (Å²) in [6, 6.07) is -0.162. The molecule has 1 N–H and O–H groups in total. The Hall–Kier alpha value is -1.36. The van der Waals surface area contributed by atoms with Gasteiger partial charge in [0, 0.05) is 6.54 Å². The first-order valence-electron chi connectivity index (χ1n) is 7.79. The van der Waals surface area contributed by atoms with E-state index in [2.05, 4.69) is 20.2 Å². The van der Waals surface area contributed by atoms with E-state index in [1.54, 1.807) is 6.20 Å². The Bertz CT molecular complexity index is 530. The molecule has 1 aliphatic heterocycles. The van der Waals surface area contributed by atoms with Crippen LogP contribution in [0.5, 0.6) is 0 Å². The number of carbonyl (C=O) groups excluding carboxylic acids is 1. The lowest BCUT2D eigenvalue weighted by Gasteiger charge is -2.39. The number of aromatic nitrogens is 2. The van der Waals surface area contributed by atoms with Gasteiger partial charge in [-0.05, 0) is 36.8 Å². The lowest BCUT2D eigenvalue weighted by atomic mass is 9.88. The van der Waals surface area contributed by atoms with Gasteiger partial charge in [0.25, 0.3) is 0 Å². The first-order valence-corrected chi connectivity index (χ1v) is 8.17. The second-order valence-corrected chi connectivity index (χ2v) is 6.28. The first kappa shape index (κ1) is 14.6. The summed E-state index contributed by atoms with van der Waals surface area (Å²) in [6.07, 6.45) is 8.75. The van der Waals surface area contributed by atoms with Crippen molar-refractivity contribution < 1.29 is 4.79 Å². The Balaban J connectivity index is 1.90. The van der Waals surface area contributed by atoms with Gasteiger partial charge in [0.15, 0.2) is 5.82 Å². The Kier molecular flexibility index (Phi) is 4.29. The first-order chi connectivity index (χ1) is 10.2. The number of hydrogen-bond acceptors (Lipinski definition) is 4. The van der Waals surface area contributed by atoms with Crippen LogP contribution in [0.4, 0.5) is 11.5 Å². The molecule has 1 fully saturated rings. The molecule has 1 aliphatic carbocycles. The summed E-state index contributed by atoms with van der Waals surface area (Å²) in [5, 5.41) is 3.12. The SMILES string of the molecule is CCC1C(=O)Nc2cnc(Cl)nc2N1CC1CCCCC1. The maximum Gasteiger partial charge on any atom is 0.247 e. The van der Waals surface area contributed by atoms with Crippen molar-refractivity contribution in [1.82, 2.24) is 9.97 Å². The van der Waals surface area contributed by atoms with Crippen molar-refractivity contribution in [3.8, 4) is 0 Å². The van der Waals surface area contributed by atoms with E-state index < -0.39 is 0 Å². The summed E-state index contributed by atoms with van der Waals surface area (Å²) in [7, 11) is 0. The number of amides is 1. The van der Waals surface area contributed by atoms with E-state index in [0.717, 1.165) is 18.8 Å². The third-order valence-electron chi connectivity index (χ3n) is 4.51. The molecule has 0 spiro atoms. The molecular weight excluding hydrogens is 288 g/mol. The number of fused-ring (bicyclic) bond motifs is 1. The van der Waals surface area contributed by atoms with Crippen LogP contribution in [0.25, 0.3) is 0 Å². The molecule has 0 bridgehead atoms. The maximum absolute atomic E-state index is 12.3. The Morgan fingerprint density at radius 3 is 2.86 bits per heavy atom. The Morgan fingerprint density at radius 1 is 1.38 bits per heavy atom. The van der Waals surface area contributed by atoms with Gasteiger partial charge in [-0.15, -0.1) is 0 Å². The summed E-state index contributed by atoms with van der Waals surface area (Å²) in [5.41, 5.74) is 0.671. The predicted octanol–water partition coefficient (Wildman–Crippen LogP) is 3.25. The Morgan fingerprint density at radius 2 is 2.14 bits per heavy atom. The van der Waals surface area contributed by atoms with Crippen molar-refractivity contribution in [2.24, 2.45) is 5.92 Å². The van der Waals surface area contributed by atoms with E-state index in [0.29, 0.717) is 11.6 Å². The average molecular weight is 309 g/mol. The van der Waals surface area contributed by atoms with E-state index in [4.69, 9.17) is 11.6 Å². The molecular formula is C15H21ClN4O. The van der Waals surface area contributed by atoms with Crippen molar-refractivity contribution in [2.45, 2.75) is 51.5 Å². The third kappa shape index (κ3) is 2.98. The summed E-state index contributed by atoms with van der Waals surface area (Å²) in [5.74, 6) is 1.44. The Labute approximate surface area is 130 Å². The smallest absolute Gasteiger partial charge is 0.247 e. The number of rotatable bonds is 3. The second-order valence-electron chi connectivity index (χ2n) is 5.95. The van der Waals surface area contributed by atoms with Crippen LogP contribution in [0.2, 0.25) is 5.28 Å². The third-order valence-corrected chi connectivity index (χ3v) is 4.70. The summed E-state index contributed by atoms with van der Waals surface area (Å²) in [6.45, 7) is 2.91. The highest BCUT2D eigenvalue weighted by molar-refractivity contribution is 6.28.